The Hall–Kier alpha value is -2.49. The molecule has 146 valence electrons. The van der Waals surface area contributed by atoms with Gasteiger partial charge in [0, 0.05) is 0 Å². The second kappa shape index (κ2) is 10.6. The Morgan fingerprint density at radius 1 is 1.04 bits per heavy atom. The normalized spacial score (nSPS) is 11.9. The van der Waals surface area contributed by atoms with Gasteiger partial charge in [-0.15, -0.1) is 0 Å². The lowest BCUT2D eigenvalue weighted by atomic mass is 10.0. The summed E-state index contributed by atoms with van der Waals surface area (Å²) in [4.78, 5) is 12.4. The molecule has 0 fully saturated rings. The second-order valence-electron chi connectivity index (χ2n) is 6.84. The minimum absolute atomic E-state index is 0.113. The Morgan fingerprint density at radius 2 is 1.74 bits per heavy atom. The topological polar surface area (TPSA) is 47.6 Å². The second-order valence-corrected chi connectivity index (χ2v) is 6.84. The maximum atomic E-state index is 12.4. The number of amides is 1. The molecule has 0 spiro atoms. The molecule has 1 atom stereocenters. The first-order valence-electron chi connectivity index (χ1n) is 9.80. The van der Waals surface area contributed by atoms with Gasteiger partial charge in [-0.2, -0.15) is 0 Å². The molecule has 0 unspecified atom stereocenters. The van der Waals surface area contributed by atoms with Crippen LogP contribution in [-0.4, -0.2) is 25.2 Å². The van der Waals surface area contributed by atoms with Crippen LogP contribution in [0.4, 0.5) is 0 Å². The summed E-state index contributed by atoms with van der Waals surface area (Å²) in [6.45, 7) is 9.21. The molecule has 0 aliphatic rings. The molecule has 1 amide bonds. The zero-order valence-electron chi connectivity index (χ0n) is 16.8. The first-order chi connectivity index (χ1) is 13.0. The van der Waals surface area contributed by atoms with Gasteiger partial charge >= 0.3 is 0 Å². The largest absolute Gasteiger partial charge is 0.491 e. The van der Waals surface area contributed by atoms with Crippen molar-refractivity contribution >= 4 is 5.91 Å². The van der Waals surface area contributed by atoms with E-state index in [1.165, 1.54) is 11.1 Å². The number of aryl methyl sites for hydroxylation is 1. The van der Waals surface area contributed by atoms with Crippen molar-refractivity contribution in [2.45, 2.75) is 52.6 Å². The highest BCUT2D eigenvalue weighted by Crippen LogP contribution is 2.25. The predicted molar refractivity (Wildman–Crippen MR) is 110 cm³/mol. The Morgan fingerprint density at radius 3 is 2.37 bits per heavy atom. The van der Waals surface area contributed by atoms with Gasteiger partial charge in [0.1, 0.15) is 18.1 Å². The molecule has 0 radical (unpaired) electrons. The molecule has 0 aromatic heterocycles. The van der Waals surface area contributed by atoms with Gasteiger partial charge in [-0.05, 0) is 48.1 Å². The third-order valence-electron chi connectivity index (χ3n) is 4.47. The van der Waals surface area contributed by atoms with E-state index < -0.39 is 6.10 Å². The van der Waals surface area contributed by atoms with Crippen LogP contribution in [0.5, 0.6) is 11.5 Å². The average molecular weight is 370 g/mol. The smallest absolute Gasteiger partial charge is 0.261 e. The standard InChI is InChI=1S/C23H31NO3/c1-5-18-11-13-19(14-12-18)27-21(6-2)23(25)24-15-16-26-22-10-8-7-9-20(22)17(3)4/h7-14,17,21H,5-6,15-16H2,1-4H3,(H,24,25)/t21-/m0/s1. The van der Waals surface area contributed by atoms with Crippen molar-refractivity contribution in [1.29, 1.82) is 0 Å². The van der Waals surface area contributed by atoms with Crippen molar-refractivity contribution in [1.82, 2.24) is 5.32 Å². The average Bonchev–Trinajstić information content (AvgIpc) is 2.69. The molecule has 2 rings (SSSR count). The minimum atomic E-state index is -0.500. The molecule has 0 saturated carbocycles. The number of para-hydroxylation sites is 1. The highest BCUT2D eigenvalue weighted by Gasteiger charge is 2.18. The number of hydrogen-bond acceptors (Lipinski definition) is 3. The fourth-order valence-corrected chi connectivity index (χ4v) is 2.83. The summed E-state index contributed by atoms with van der Waals surface area (Å²) in [5.74, 6) is 1.88. The summed E-state index contributed by atoms with van der Waals surface area (Å²) < 4.78 is 11.7. The summed E-state index contributed by atoms with van der Waals surface area (Å²) in [6.07, 6.45) is 1.09. The van der Waals surface area contributed by atoms with Gasteiger partial charge in [-0.3, -0.25) is 4.79 Å². The van der Waals surface area contributed by atoms with E-state index in [-0.39, 0.29) is 5.91 Å². The van der Waals surface area contributed by atoms with E-state index in [9.17, 15) is 4.79 Å². The van der Waals surface area contributed by atoms with Crippen molar-refractivity contribution in [3.05, 3.63) is 59.7 Å². The van der Waals surface area contributed by atoms with Gasteiger partial charge in [0.2, 0.25) is 0 Å². The fraction of sp³-hybridized carbons (Fsp3) is 0.435. The maximum Gasteiger partial charge on any atom is 0.261 e. The van der Waals surface area contributed by atoms with Crippen molar-refractivity contribution < 1.29 is 14.3 Å². The number of hydrogen-bond donors (Lipinski definition) is 1. The number of benzene rings is 2. The van der Waals surface area contributed by atoms with Crippen LogP contribution in [0.2, 0.25) is 0 Å². The fourth-order valence-electron chi connectivity index (χ4n) is 2.83. The van der Waals surface area contributed by atoms with Crippen LogP contribution in [0.15, 0.2) is 48.5 Å². The summed E-state index contributed by atoms with van der Waals surface area (Å²) in [5.41, 5.74) is 2.42. The monoisotopic (exact) mass is 369 g/mol. The van der Waals surface area contributed by atoms with Gasteiger partial charge in [0.05, 0.1) is 6.54 Å². The van der Waals surface area contributed by atoms with E-state index in [0.29, 0.717) is 25.5 Å². The third kappa shape index (κ3) is 6.31. The lowest BCUT2D eigenvalue weighted by Gasteiger charge is -2.18. The van der Waals surface area contributed by atoms with E-state index in [4.69, 9.17) is 9.47 Å². The van der Waals surface area contributed by atoms with Crippen LogP contribution in [0, 0.1) is 0 Å². The van der Waals surface area contributed by atoms with Gasteiger partial charge in [-0.1, -0.05) is 58.0 Å². The molecule has 0 bridgehead atoms. The summed E-state index contributed by atoms with van der Waals surface area (Å²) >= 11 is 0. The molecule has 0 aliphatic heterocycles. The van der Waals surface area contributed by atoms with E-state index in [0.717, 1.165) is 17.9 Å². The zero-order chi connectivity index (χ0) is 19.6. The number of ether oxygens (including phenoxy) is 2. The Bertz CT molecular complexity index is 710. The molecule has 0 aliphatic carbocycles. The van der Waals surface area contributed by atoms with E-state index in [1.54, 1.807) is 0 Å². The van der Waals surface area contributed by atoms with Crippen molar-refractivity contribution in [2.75, 3.05) is 13.2 Å². The van der Waals surface area contributed by atoms with Crippen LogP contribution in [-0.2, 0) is 11.2 Å². The Labute approximate surface area is 162 Å². The van der Waals surface area contributed by atoms with Crippen LogP contribution >= 0.6 is 0 Å². The van der Waals surface area contributed by atoms with E-state index >= 15 is 0 Å². The molecular formula is C23H31NO3. The molecule has 0 saturated heterocycles. The van der Waals surface area contributed by atoms with Crippen LogP contribution in [0.25, 0.3) is 0 Å². The van der Waals surface area contributed by atoms with Crippen LogP contribution in [0.3, 0.4) is 0 Å². The maximum absolute atomic E-state index is 12.4. The molecule has 1 N–H and O–H groups in total. The van der Waals surface area contributed by atoms with Gasteiger partial charge in [-0.25, -0.2) is 0 Å². The van der Waals surface area contributed by atoms with Gasteiger partial charge in [0.15, 0.2) is 6.10 Å². The molecular weight excluding hydrogens is 338 g/mol. The molecule has 4 heteroatoms. The Kier molecular flexibility index (Phi) is 8.18. The van der Waals surface area contributed by atoms with Crippen LogP contribution < -0.4 is 14.8 Å². The molecule has 4 nitrogen and oxygen atoms in total. The van der Waals surface area contributed by atoms with E-state index in [1.807, 2.05) is 49.4 Å². The Balaban J connectivity index is 1.81. The SMILES string of the molecule is CCc1ccc(O[C@@H](CC)C(=O)NCCOc2ccccc2C(C)C)cc1. The third-order valence-corrected chi connectivity index (χ3v) is 4.47. The number of rotatable bonds is 10. The van der Waals surface area contributed by atoms with Crippen molar-refractivity contribution in [3.63, 3.8) is 0 Å². The van der Waals surface area contributed by atoms with Gasteiger partial charge < -0.3 is 14.8 Å². The lowest BCUT2D eigenvalue weighted by molar-refractivity contribution is -0.128. The van der Waals surface area contributed by atoms with Crippen molar-refractivity contribution in [3.8, 4) is 11.5 Å². The zero-order valence-corrected chi connectivity index (χ0v) is 16.8. The number of carbonyl (C=O) groups is 1. The summed E-state index contributed by atoms with van der Waals surface area (Å²) in [7, 11) is 0. The quantitative estimate of drug-likeness (QED) is 0.616. The number of carbonyl (C=O) groups excluding carboxylic acids is 1. The first-order valence-corrected chi connectivity index (χ1v) is 9.80. The molecule has 2 aromatic rings. The number of nitrogens with one attached hydrogen (secondary N) is 1. The lowest BCUT2D eigenvalue weighted by Crippen LogP contribution is -2.39. The minimum Gasteiger partial charge on any atom is -0.491 e. The highest BCUT2D eigenvalue weighted by molar-refractivity contribution is 5.81. The highest BCUT2D eigenvalue weighted by atomic mass is 16.5. The summed E-state index contributed by atoms with van der Waals surface area (Å²) in [6, 6.07) is 15.9. The summed E-state index contributed by atoms with van der Waals surface area (Å²) in [5, 5.41) is 2.91. The first kappa shape index (κ1) is 20.8. The molecule has 2 aromatic carbocycles. The molecule has 0 heterocycles. The predicted octanol–water partition coefficient (Wildman–Crippen LogP) is 4.73. The molecule has 27 heavy (non-hydrogen) atoms. The van der Waals surface area contributed by atoms with E-state index in [2.05, 4.69) is 32.2 Å². The van der Waals surface area contributed by atoms with Crippen molar-refractivity contribution in [2.24, 2.45) is 0 Å². The van der Waals surface area contributed by atoms with Gasteiger partial charge in [0.25, 0.3) is 5.91 Å². The van der Waals surface area contributed by atoms with Crippen LogP contribution in [0.1, 0.15) is 51.2 Å².